The van der Waals surface area contributed by atoms with Crippen LogP contribution in [0.4, 0.5) is 11.6 Å². The van der Waals surface area contributed by atoms with Gasteiger partial charge in [-0.15, -0.1) is 0 Å². The van der Waals surface area contributed by atoms with Crippen molar-refractivity contribution in [2.75, 3.05) is 16.8 Å². The van der Waals surface area contributed by atoms with E-state index in [0.29, 0.717) is 24.2 Å². The minimum Gasteiger partial charge on any atom is -0.351 e. The predicted octanol–water partition coefficient (Wildman–Crippen LogP) is 4.59. The standard InChI is InChI=1S/C21H28N4O/c1-3-25(18-13-9-6-10-14-18)20(26)19-15-16(2)22-21(24-19)23-17-11-7-4-5-8-12-17/h6,9-10,13-15,17H,3-5,7-8,11-12H2,1-2H3,(H,22,23,24). The molecule has 1 aromatic carbocycles. The molecule has 0 aliphatic heterocycles. The maximum absolute atomic E-state index is 13.0. The Morgan fingerprint density at radius 1 is 1.12 bits per heavy atom. The smallest absolute Gasteiger partial charge is 0.277 e. The first-order chi connectivity index (χ1) is 12.7. The molecule has 138 valence electrons. The summed E-state index contributed by atoms with van der Waals surface area (Å²) >= 11 is 0. The van der Waals surface area contributed by atoms with Crippen LogP contribution in [0, 0.1) is 6.92 Å². The van der Waals surface area contributed by atoms with Gasteiger partial charge in [0.1, 0.15) is 5.69 Å². The fourth-order valence-electron chi connectivity index (χ4n) is 3.54. The summed E-state index contributed by atoms with van der Waals surface area (Å²) in [5.41, 5.74) is 2.14. The molecule has 0 unspecified atom stereocenters. The number of carbonyl (C=O) groups excluding carboxylic acids is 1. The third-order valence-corrected chi connectivity index (χ3v) is 4.89. The van der Waals surface area contributed by atoms with Gasteiger partial charge in [-0.05, 0) is 44.9 Å². The molecule has 1 aliphatic carbocycles. The number of carbonyl (C=O) groups is 1. The molecule has 5 heteroatoms. The lowest BCUT2D eigenvalue weighted by atomic mass is 10.1. The lowest BCUT2D eigenvalue weighted by Gasteiger charge is -2.21. The van der Waals surface area contributed by atoms with Gasteiger partial charge in [0.15, 0.2) is 0 Å². The van der Waals surface area contributed by atoms with E-state index < -0.39 is 0 Å². The van der Waals surface area contributed by atoms with E-state index in [4.69, 9.17) is 0 Å². The second kappa shape index (κ2) is 8.79. The molecule has 0 radical (unpaired) electrons. The van der Waals surface area contributed by atoms with Crippen molar-refractivity contribution in [3.05, 3.63) is 47.8 Å². The number of benzene rings is 1. The summed E-state index contributed by atoms with van der Waals surface area (Å²) < 4.78 is 0. The molecule has 0 spiro atoms. The molecule has 3 rings (SSSR count). The molecular weight excluding hydrogens is 324 g/mol. The molecular formula is C21H28N4O. The number of aryl methyl sites for hydroxylation is 1. The third-order valence-electron chi connectivity index (χ3n) is 4.89. The Kier molecular flexibility index (Phi) is 6.21. The molecule has 1 N–H and O–H groups in total. The van der Waals surface area contributed by atoms with Crippen LogP contribution in [-0.4, -0.2) is 28.5 Å². The molecule has 1 fully saturated rings. The van der Waals surface area contributed by atoms with Crippen LogP contribution < -0.4 is 10.2 Å². The van der Waals surface area contributed by atoms with Crippen LogP contribution >= 0.6 is 0 Å². The molecule has 26 heavy (non-hydrogen) atoms. The summed E-state index contributed by atoms with van der Waals surface area (Å²) in [6.45, 7) is 4.48. The summed E-state index contributed by atoms with van der Waals surface area (Å²) in [6, 6.07) is 11.9. The van der Waals surface area contributed by atoms with Crippen molar-refractivity contribution in [1.29, 1.82) is 0 Å². The normalized spacial score (nSPS) is 15.3. The molecule has 1 amide bonds. The zero-order valence-electron chi connectivity index (χ0n) is 15.7. The fourth-order valence-corrected chi connectivity index (χ4v) is 3.54. The van der Waals surface area contributed by atoms with Gasteiger partial charge in [0.2, 0.25) is 5.95 Å². The average Bonchev–Trinajstić information content (AvgIpc) is 2.91. The van der Waals surface area contributed by atoms with Crippen molar-refractivity contribution in [3.63, 3.8) is 0 Å². The Labute approximate surface area is 155 Å². The van der Waals surface area contributed by atoms with Crippen molar-refractivity contribution in [2.24, 2.45) is 0 Å². The molecule has 1 heterocycles. The van der Waals surface area contributed by atoms with Crippen LogP contribution in [0.25, 0.3) is 0 Å². The monoisotopic (exact) mass is 352 g/mol. The Hall–Kier alpha value is -2.43. The zero-order valence-corrected chi connectivity index (χ0v) is 15.7. The van der Waals surface area contributed by atoms with Gasteiger partial charge >= 0.3 is 0 Å². The third kappa shape index (κ3) is 4.59. The maximum Gasteiger partial charge on any atom is 0.277 e. The van der Waals surface area contributed by atoms with Crippen molar-refractivity contribution >= 4 is 17.5 Å². The number of aromatic nitrogens is 2. The van der Waals surface area contributed by atoms with Crippen LogP contribution in [0.3, 0.4) is 0 Å². The van der Waals surface area contributed by atoms with Crippen molar-refractivity contribution < 1.29 is 4.79 Å². The average molecular weight is 352 g/mol. The number of hydrogen-bond acceptors (Lipinski definition) is 4. The van der Waals surface area contributed by atoms with Gasteiger partial charge in [0.05, 0.1) is 0 Å². The Balaban J connectivity index is 1.80. The van der Waals surface area contributed by atoms with E-state index in [-0.39, 0.29) is 5.91 Å². The summed E-state index contributed by atoms with van der Waals surface area (Å²) in [5.74, 6) is 0.484. The summed E-state index contributed by atoms with van der Waals surface area (Å²) in [6.07, 6.45) is 7.38. The lowest BCUT2D eigenvalue weighted by molar-refractivity contribution is 0.0983. The van der Waals surface area contributed by atoms with E-state index in [1.165, 1.54) is 25.7 Å². The molecule has 0 bridgehead atoms. The quantitative estimate of drug-likeness (QED) is 0.800. The number of hydrogen-bond donors (Lipinski definition) is 1. The van der Waals surface area contributed by atoms with Gasteiger partial charge < -0.3 is 10.2 Å². The van der Waals surface area contributed by atoms with Crippen molar-refractivity contribution in [1.82, 2.24) is 9.97 Å². The van der Waals surface area contributed by atoms with E-state index in [0.717, 1.165) is 24.2 Å². The summed E-state index contributed by atoms with van der Waals surface area (Å²) in [5, 5.41) is 3.46. The molecule has 5 nitrogen and oxygen atoms in total. The molecule has 1 aliphatic rings. The van der Waals surface area contributed by atoms with Gasteiger partial charge in [0.25, 0.3) is 5.91 Å². The first-order valence-electron chi connectivity index (χ1n) is 9.66. The largest absolute Gasteiger partial charge is 0.351 e. The van der Waals surface area contributed by atoms with Crippen molar-refractivity contribution in [3.8, 4) is 0 Å². The molecule has 0 saturated heterocycles. The number of amides is 1. The zero-order chi connectivity index (χ0) is 18.4. The van der Waals surface area contributed by atoms with Crippen LogP contribution in [0.1, 0.15) is 61.6 Å². The maximum atomic E-state index is 13.0. The van der Waals surface area contributed by atoms with E-state index in [1.54, 1.807) is 11.0 Å². The van der Waals surface area contributed by atoms with Gasteiger partial charge in [-0.25, -0.2) is 9.97 Å². The summed E-state index contributed by atoms with van der Waals surface area (Å²) in [7, 11) is 0. The Bertz CT molecular complexity index is 724. The van der Waals surface area contributed by atoms with E-state index in [1.807, 2.05) is 44.2 Å². The van der Waals surface area contributed by atoms with Gasteiger partial charge in [0, 0.05) is 24.0 Å². The Morgan fingerprint density at radius 2 is 1.81 bits per heavy atom. The van der Waals surface area contributed by atoms with Gasteiger partial charge in [-0.2, -0.15) is 0 Å². The molecule has 2 aromatic rings. The van der Waals surface area contributed by atoms with Crippen molar-refractivity contribution in [2.45, 2.75) is 58.4 Å². The minimum absolute atomic E-state index is 0.0897. The minimum atomic E-state index is -0.0897. The molecule has 1 saturated carbocycles. The highest BCUT2D eigenvalue weighted by Gasteiger charge is 2.20. The highest BCUT2D eigenvalue weighted by molar-refractivity contribution is 6.04. The number of anilines is 2. The van der Waals surface area contributed by atoms with E-state index >= 15 is 0 Å². The highest BCUT2D eigenvalue weighted by atomic mass is 16.2. The highest BCUT2D eigenvalue weighted by Crippen LogP contribution is 2.21. The number of para-hydroxylation sites is 1. The summed E-state index contributed by atoms with van der Waals surface area (Å²) in [4.78, 5) is 23.8. The van der Waals surface area contributed by atoms with Gasteiger partial charge in [-0.1, -0.05) is 43.9 Å². The lowest BCUT2D eigenvalue weighted by Crippen LogP contribution is -2.32. The van der Waals surface area contributed by atoms with Crippen LogP contribution in [0.2, 0.25) is 0 Å². The second-order valence-electron chi connectivity index (χ2n) is 6.94. The fraction of sp³-hybridized carbons (Fsp3) is 0.476. The Morgan fingerprint density at radius 3 is 2.46 bits per heavy atom. The first-order valence-corrected chi connectivity index (χ1v) is 9.66. The molecule has 1 aromatic heterocycles. The first kappa shape index (κ1) is 18.4. The van der Waals surface area contributed by atoms with Gasteiger partial charge in [-0.3, -0.25) is 4.79 Å². The topological polar surface area (TPSA) is 58.1 Å². The van der Waals surface area contributed by atoms with E-state index in [2.05, 4.69) is 15.3 Å². The number of nitrogens with one attached hydrogen (secondary N) is 1. The number of nitrogens with zero attached hydrogens (tertiary/aromatic N) is 3. The SMILES string of the molecule is CCN(C(=O)c1cc(C)nc(NC2CCCCCC2)n1)c1ccccc1. The van der Waals surface area contributed by atoms with Crippen LogP contribution in [0.5, 0.6) is 0 Å². The second-order valence-corrected chi connectivity index (χ2v) is 6.94. The molecule has 0 atom stereocenters. The van der Waals surface area contributed by atoms with Crippen LogP contribution in [0.15, 0.2) is 36.4 Å². The van der Waals surface area contributed by atoms with Crippen LogP contribution in [-0.2, 0) is 0 Å². The number of rotatable bonds is 5. The van der Waals surface area contributed by atoms with E-state index in [9.17, 15) is 4.79 Å². The predicted molar refractivity (Wildman–Crippen MR) is 106 cm³/mol.